The van der Waals surface area contributed by atoms with E-state index in [1.807, 2.05) is 13.0 Å². The molecule has 1 heterocycles. The average Bonchev–Trinajstić information content (AvgIpc) is 2.67. The number of amides is 1. The number of aromatic nitrogens is 2. The van der Waals surface area contributed by atoms with E-state index in [4.69, 9.17) is 5.73 Å². The van der Waals surface area contributed by atoms with Crippen molar-refractivity contribution in [3.8, 4) is 0 Å². The van der Waals surface area contributed by atoms with Crippen molar-refractivity contribution in [3.63, 3.8) is 0 Å². The predicted molar refractivity (Wildman–Crippen MR) is 66.8 cm³/mol. The Kier molecular flexibility index (Phi) is 2.82. The lowest BCUT2D eigenvalue weighted by molar-refractivity contribution is 0.102. The summed E-state index contributed by atoms with van der Waals surface area (Å²) in [6.45, 7) is 1.87. The first-order valence-corrected chi connectivity index (χ1v) is 5.23. The van der Waals surface area contributed by atoms with Crippen LogP contribution in [0.5, 0.6) is 0 Å². The Bertz CT molecular complexity index is 559. The number of carbonyl (C=O) groups excluding carboxylic acids is 1. The van der Waals surface area contributed by atoms with Crippen LogP contribution >= 0.6 is 0 Å². The fraction of sp³-hybridized carbons (Fsp3) is 0.167. The quantitative estimate of drug-likeness (QED) is 0.769. The van der Waals surface area contributed by atoms with Crippen LogP contribution in [0.4, 0.5) is 11.5 Å². The van der Waals surface area contributed by atoms with Gasteiger partial charge in [-0.2, -0.15) is 5.10 Å². The number of nitrogens with two attached hydrogens (primary N) is 1. The maximum Gasteiger partial charge on any atom is 0.257 e. The van der Waals surface area contributed by atoms with Gasteiger partial charge in [-0.1, -0.05) is 6.07 Å². The first kappa shape index (κ1) is 11.2. The van der Waals surface area contributed by atoms with Gasteiger partial charge in [0.05, 0.1) is 0 Å². The van der Waals surface area contributed by atoms with E-state index in [0.29, 0.717) is 17.1 Å². The van der Waals surface area contributed by atoms with E-state index in [-0.39, 0.29) is 5.91 Å². The molecule has 0 bridgehead atoms. The lowest BCUT2D eigenvalue weighted by atomic mass is 10.1. The Morgan fingerprint density at radius 3 is 2.82 bits per heavy atom. The van der Waals surface area contributed by atoms with E-state index in [0.717, 1.165) is 5.56 Å². The van der Waals surface area contributed by atoms with E-state index in [1.165, 1.54) is 0 Å². The van der Waals surface area contributed by atoms with Gasteiger partial charge < -0.3 is 11.1 Å². The van der Waals surface area contributed by atoms with Gasteiger partial charge in [0.15, 0.2) is 5.82 Å². The number of benzene rings is 1. The maximum absolute atomic E-state index is 12.0. The van der Waals surface area contributed by atoms with Crippen LogP contribution in [0.2, 0.25) is 0 Å². The number of aryl methyl sites for hydroxylation is 2. The molecule has 1 aromatic heterocycles. The summed E-state index contributed by atoms with van der Waals surface area (Å²) in [5, 5.41) is 6.80. The van der Waals surface area contributed by atoms with Crippen LogP contribution in [-0.2, 0) is 7.05 Å². The Balaban J connectivity index is 2.22. The molecule has 2 aromatic rings. The summed E-state index contributed by atoms with van der Waals surface area (Å²) in [6, 6.07) is 6.99. The number of rotatable bonds is 2. The second kappa shape index (κ2) is 4.29. The molecule has 0 saturated carbocycles. The highest BCUT2D eigenvalue weighted by atomic mass is 16.1. The number of hydrogen-bond donors (Lipinski definition) is 2. The largest absolute Gasteiger partial charge is 0.399 e. The molecule has 5 heteroatoms. The molecule has 1 aromatic carbocycles. The molecule has 0 radical (unpaired) electrons. The zero-order valence-electron chi connectivity index (χ0n) is 9.77. The van der Waals surface area contributed by atoms with E-state index in [2.05, 4.69) is 10.4 Å². The van der Waals surface area contributed by atoms with Gasteiger partial charge in [-0.3, -0.25) is 9.48 Å². The van der Waals surface area contributed by atoms with Crippen LogP contribution in [0.1, 0.15) is 15.9 Å². The molecule has 0 aliphatic carbocycles. The molecular formula is C12H14N4O. The highest BCUT2D eigenvalue weighted by Crippen LogP contribution is 2.14. The summed E-state index contributed by atoms with van der Waals surface area (Å²) in [7, 11) is 1.79. The lowest BCUT2D eigenvalue weighted by Gasteiger charge is -2.06. The molecule has 0 unspecified atom stereocenters. The van der Waals surface area contributed by atoms with Crippen molar-refractivity contribution in [1.82, 2.24) is 9.78 Å². The van der Waals surface area contributed by atoms with Gasteiger partial charge in [0, 0.05) is 30.6 Å². The van der Waals surface area contributed by atoms with Crippen molar-refractivity contribution in [3.05, 3.63) is 41.6 Å². The second-order valence-corrected chi connectivity index (χ2v) is 3.90. The Morgan fingerprint density at radius 1 is 1.41 bits per heavy atom. The number of nitrogens with one attached hydrogen (secondary N) is 1. The normalized spacial score (nSPS) is 10.2. The second-order valence-electron chi connectivity index (χ2n) is 3.90. The van der Waals surface area contributed by atoms with Gasteiger partial charge in [-0.25, -0.2) is 0 Å². The van der Waals surface area contributed by atoms with E-state index >= 15 is 0 Å². The van der Waals surface area contributed by atoms with Gasteiger partial charge in [-0.05, 0) is 24.6 Å². The number of anilines is 2. The highest BCUT2D eigenvalue weighted by molar-refractivity contribution is 6.05. The summed E-state index contributed by atoms with van der Waals surface area (Å²) in [6.07, 6.45) is 1.77. The molecule has 1 amide bonds. The number of nitrogen functional groups attached to an aromatic ring is 1. The molecule has 0 saturated heterocycles. The zero-order chi connectivity index (χ0) is 12.4. The Hall–Kier alpha value is -2.30. The third kappa shape index (κ3) is 2.44. The van der Waals surface area contributed by atoms with Gasteiger partial charge in [0.1, 0.15) is 0 Å². The van der Waals surface area contributed by atoms with Gasteiger partial charge in [0.25, 0.3) is 5.91 Å². The van der Waals surface area contributed by atoms with Crippen LogP contribution in [-0.4, -0.2) is 15.7 Å². The summed E-state index contributed by atoms with van der Waals surface area (Å²) in [5.41, 5.74) is 7.68. The smallest absolute Gasteiger partial charge is 0.257 e. The molecule has 0 spiro atoms. The monoisotopic (exact) mass is 230 g/mol. The molecule has 3 N–H and O–H groups in total. The number of nitrogens with zero attached hydrogens (tertiary/aromatic N) is 2. The van der Waals surface area contributed by atoms with E-state index < -0.39 is 0 Å². The fourth-order valence-electron chi connectivity index (χ4n) is 1.55. The van der Waals surface area contributed by atoms with Crippen LogP contribution in [0.15, 0.2) is 30.5 Å². The Labute approximate surface area is 99.2 Å². The molecule has 5 nitrogen and oxygen atoms in total. The summed E-state index contributed by atoms with van der Waals surface area (Å²) in [5.74, 6) is 0.327. The molecule has 0 aliphatic heterocycles. The lowest BCUT2D eigenvalue weighted by Crippen LogP contribution is -2.14. The van der Waals surface area contributed by atoms with Crippen molar-refractivity contribution in [1.29, 1.82) is 0 Å². The third-order valence-electron chi connectivity index (χ3n) is 2.46. The predicted octanol–water partition coefficient (Wildman–Crippen LogP) is 1.56. The maximum atomic E-state index is 12.0. The minimum atomic E-state index is -0.200. The van der Waals surface area contributed by atoms with Crippen LogP contribution in [0.3, 0.4) is 0 Å². The number of hydrogen-bond acceptors (Lipinski definition) is 3. The summed E-state index contributed by atoms with van der Waals surface area (Å²) < 4.78 is 1.63. The SMILES string of the molecule is Cc1ccc(N)cc1C(=O)Nc1ccn(C)n1. The minimum absolute atomic E-state index is 0.200. The van der Waals surface area contributed by atoms with E-state index in [1.54, 1.807) is 36.1 Å². The molecule has 17 heavy (non-hydrogen) atoms. The van der Waals surface area contributed by atoms with Crippen molar-refractivity contribution in [2.75, 3.05) is 11.1 Å². The van der Waals surface area contributed by atoms with Gasteiger partial charge in [0.2, 0.25) is 0 Å². The number of carbonyl (C=O) groups is 1. The molecule has 0 atom stereocenters. The van der Waals surface area contributed by atoms with Crippen molar-refractivity contribution in [2.24, 2.45) is 7.05 Å². The zero-order valence-corrected chi connectivity index (χ0v) is 9.77. The van der Waals surface area contributed by atoms with Gasteiger partial charge >= 0.3 is 0 Å². The van der Waals surface area contributed by atoms with Crippen molar-refractivity contribution in [2.45, 2.75) is 6.92 Å². The fourth-order valence-corrected chi connectivity index (χ4v) is 1.55. The molecule has 2 rings (SSSR count). The molecule has 88 valence electrons. The Morgan fingerprint density at radius 2 is 2.18 bits per heavy atom. The molecule has 0 fully saturated rings. The van der Waals surface area contributed by atoms with Crippen LogP contribution < -0.4 is 11.1 Å². The van der Waals surface area contributed by atoms with Crippen LogP contribution in [0, 0.1) is 6.92 Å². The first-order chi connectivity index (χ1) is 8.06. The van der Waals surface area contributed by atoms with Crippen molar-refractivity contribution < 1.29 is 4.79 Å². The van der Waals surface area contributed by atoms with Crippen molar-refractivity contribution >= 4 is 17.4 Å². The molecule has 0 aliphatic rings. The minimum Gasteiger partial charge on any atom is -0.399 e. The summed E-state index contributed by atoms with van der Waals surface area (Å²) >= 11 is 0. The third-order valence-corrected chi connectivity index (χ3v) is 2.46. The topological polar surface area (TPSA) is 72.9 Å². The summed E-state index contributed by atoms with van der Waals surface area (Å²) in [4.78, 5) is 12.0. The molecular weight excluding hydrogens is 216 g/mol. The van der Waals surface area contributed by atoms with Crippen LogP contribution in [0.25, 0.3) is 0 Å². The average molecular weight is 230 g/mol. The standard InChI is InChI=1S/C12H14N4O/c1-8-3-4-9(13)7-10(8)12(17)14-11-5-6-16(2)15-11/h3-7H,13H2,1-2H3,(H,14,15,17). The van der Waals surface area contributed by atoms with Gasteiger partial charge in [-0.15, -0.1) is 0 Å². The first-order valence-electron chi connectivity index (χ1n) is 5.23. The van der Waals surface area contributed by atoms with E-state index in [9.17, 15) is 4.79 Å². The highest BCUT2D eigenvalue weighted by Gasteiger charge is 2.10.